The van der Waals surface area contributed by atoms with Crippen molar-refractivity contribution in [3.8, 4) is 0 Å². The van der Waals surface area contributed by atoms with E-state index in [1.165, 1.54) is 0 Å². The van der Waals surface area contributed by atoms with Crippen LogP contribution in [0.3, 0.4) is 0 Å². The maximum absolute atomic E-state index is 10.4. The van der Waals surface area contributed by atoms with Crippen LogP contribution in [0, 0.1) is 5.92 Å². The van der Waals surface area contributed by atoms with Gasteiger partial charge in [-0.25, -0.2) is 0 Å². The van der Waals surface area contributed by atoms with E-state index in [-0.39, 0.29) is 15.7 Å². The lowest BCUT2D eigenvalue weighted by molar-refractivity contribution is -0.111. The Hall–Kier alpha value is 0.360. The van der Waals surface area contributed by atoms with Gasteiger partial charge in [0.2, 0.25) is 3.79 Å². The molecule has 0 aliphatic heterocycles. The van der Waals surface area contributed by atoms with Gasteiger partial charge in [0.05, 0.1) is 6.04 Å². The molecule has 1 unspecified atom stereocenters. The Balaban J connectivity index is 3.64. The molecule has 0 radical (unpaired) electrons. The van der Waals surface area contributed by atoms with Gasteiger partial charge in [0, 0.05) is 22.6 Å². The minimum Gasteiger partial charge on any atom is -0.321 e. The van der Waals surface area contributed by atoms with Gasteiger partial charge in [-0.2, -0.15) is 0 Å². The maximum Gasteiger partial charge on any atom is 0.209 e. The average Bonchev–Trinajstić information content (AvgIpc) is 1.64. The van der Waals surface area contributed by atoms with Crippen molar-refractivity contribution in [2.75, 3.05) is 0 Å². The number of rotatable bonds is 2. The molecular formula is C5H10INO. The van der Waals surface area contributed by atoms with E-state index in [1.807, 2.05) is 13.8 Å². The second-order valence-electron chi connectivity index (χ2n) is 2.07. The molecule has 0 saturated heterocycles. The van der Waals surface area contributed by atoms with Gasteiger partial charge in [-0.1, -0.05) is 13.8 Å². The van der Waals surface area contributed by atoms with Gasteiger partial charge in [0.25, 0.3) is 0 Å². The first kappa shape index (κ1) is 8.36. The van der Waals surface area contributed by atoms with Crippen LogP contribution < -0.4 is 5.73 Å². The van der Waals surface area contributed by atoms with E-state index in [0.29, 0.717) is 0 Å². The molecule has 48 valence electrons. The Morgan fingerprint density at radius 2 is 2.00 bits per heavy atom. The molecule has 0 fully saturated rings. The fourth-order valence-corrected chi connectivity index (χ4v) is 0.981. The van der Waals surface area contributed by atoms with Gasteiger partial charge >= 0.3 is 0 Å². The Labute approximate surface area is 63.0 Å². The smallest absolute Gasteiger partial charge is 0.209 e. The van der Waals surface area contributed by atoms with Gasteiger partial charge in [-0.05, 0) is 5.92 Å². The van der Waals surface area contributed by atoms with E-state index in [4.69, 9.17) is 5.73 Å². The number of hydrogen-bond donors (Lipinski definition) is 1. The Kier molecular flexibility index (Phi) is 3.55. The summed E-state index contributed by atoms with van der Waals surface area (Å²) >= 11 is 1.72. The highest BCUT2D eigenvalue weighted by Crippen LogP contribution is 2.02. The lowest BCUT2D eigenvalue weighted by Gasteiger charge is -2.08. The summed E-state index contributed by atoms with van der Waals surface area (Å²) in [7, 11) is 0. The predicted octanol–water partition coefficient (Wildman–Crippen LogP) is 0.931. The average molecular weight is 227 g/mol. The van der Waals surface area contributed by atoms with E-state index in [9.17, 15) is 4.79 Å². The highest BCUT2D eigenvalue weighted by molar-refractivity contribution is 14.1. The molecule has 1 atom stereocenters. The molecule has 3 heteroatoms. The van der Waals surface area contributed by atoms with Crippen molar-refractivity contribution in [3.63, 3.8) is 0 Å². The first-order valence-corrected chi connectivity index (χ1v) is 3.58. The summed E-state index contributed by atoms with van der Waals surface area (Å²) in [5.74, 6) is 0.263. The standard InChI is InChI=1S/C5H10INO/c1-3(2)4(7)5(6)8/h3-4H,7H2,1-2H3. The van der Waals surface area contributed by atoms with Gasteiger partial charge in [-0.15, -0.1) is 0 Å². The SMILES string of the molecule is CC(C)C(N)C(=O)I. The van der Waals surface area contributed by atoms with E-state index < -0.39 is 0 Å². The normalized spacial score (nSPS) is 14.1. The summed E-state index contributed by atoms with van der Waals surface area (Å²) in [6.07, 6.45) is 0. The van der Waals surface area contributed by atoms with Crippen LogP contribution in [0.4, 0.5) is 0 Å². The van der Waals surface area contributed by atoms with Gasteiger partial charge in [-0.3, -0.25) is 4.79 Å². The molecule has 0 aromatic heterocycles. The van der Waals surface area contributed by atoms with Crippen LogP contribution in [0.25, 0.3) is 0 Å². The number of carbonyl (C=O) groups is 1. The van der Waals surface area contributed by atoms with Crippen LogP contribution in [-0.4, -0.2) is 9.83 Å². The Bertz CT molecular complexity index is 92.4. The van der Waals surface area contributed by atoms with Gasteiger partial charge < -0.3 is 5.73 Å². The van der Waals surface area contributed by atoms with Crippen LogP contribution in [0.5, 0.6) is 0 Å². The molecule has 0 heterocycles. The van der Waals surface area contributed by atoms with Crippen molar-refractivity contribution >= 4 is 26.4 Å². The molecule has 0 aromatic carbocycles. The maximum atomic E-state index is 10.4. The lowest BCUT2D eigenvalue weighted by Crippen LogP contribution is -2.31. The van der Waals surface area contributed by atoms with Gasteiger partial charge in [0.1, 0.15) is 0 Å². The summed E-state index contributed by atoms with van der Waals surface area (Å²) in [6.45, 7) is 3.86. The first-order valence-electron chi connectivity index (χ1n) is 2.50. The van der Waals surface area contributed by atoms with Crippen molar-refractivity contribution in [2.24, 2.45) is 11.7 Å². The molecule has 0 amide bonds. The summed E-state index contributed by atoms with van der Waals surface area (Å²) in [5.41, 5.74) is 5.40. The van der Waals surface area contributed by atoms with Crippen LogP contribution in [-0.2, 0) is 4.79 Å². The molecule has 8 heavy (non-hydrogen) atoms. The number of nitrogens with two attached hydrogens (primary N) is 1. The minimum atomic E-state index is -0.282. The van der Waals surface area contributed by atoms with E-state index >= 15 is 0 Å². The molecule has 2 N–H and O–H groups in total. The Morgan fingerprint density at radius 3 is 2.00 bits per heavy atom. The fourth-order valence-electron chi connectivity index (χ4n) is 0.262. The summed E-state index contributed by atoms with van der Waals surface area (Å²) < 4.78 is 0.0394. The number of hydrogen-bond acceptors (Lipinski definition) is 2. The lowest BCUT2D eigenvalue weighted by atomic mass is 10.1. The largest absolute Gasteiger partial charge is 0.321 e. The molecule has 0 rings (SSSR count). The molecular weight excluding hydrogens is 217 g/mol. The van der Waals surface area contributed by atoms with E-state index in [1.54, 1.807) is 22.6 Å². The fraction of sp³-hybridized carbons (Fsp3) is 0.800. The second kappa shape index (κ2) is 3.40. The quantitative estimate of drug-likeness (QED) is 0.563. The highest BCUT2D eigenvalue weighted by atomic mass is 127. The van der Waals surface area contributed by atoms with Crippen molar-refractivity contribution in [3.05, 3.63) is 0 Å². The summed E-state index contributed by atoms with van der Waals surface area (Å²) in [4.78, 5) is 10.4. The third-order valence-electron chi connectivity index (χ3n) is 0.980. The van der Waals surface area contributed by atoms with Crippen LogP contribution in [0.1, 0.15) is 13.8 Å². The van der Waals surface area contributed by atoms with Crippen LogP contribution >= 0.6 is 22.6 Å². The molecule has 0 spiro atoms. The van der Waals surface area contributed by atoms with Crippen LogP contribution in [0.15, 0.2) is 0 Å². The number of halogens is 1. The zero-order valence-corrected chi connectivity index (χ0v) is 7.18. The molecule has 0 aliphatic carbocycles. The van der Waals surface area contributed by atoms with Crippen LogP contribution in [0.2, 0.25) is 0 Å². The zero-order chi connectivity index (χ0) is 6.73. The number of carbonyl (C=O) groups excluding carboxylic acids is 1. The van der Waals surface area contributed by atoms with Crippen molar-refractivity contribution < 1.29 is 4.79 Å². The van der Waals surface area contributed by atoms with Crippen molar-refractivity contribution in [1.82, 2.24) is 0 Å². The summed E-state index contributed by atoms with van der Waals surface area (Å²) in [5, 5.41) is 0. The van der Waals surface area contributed by atoms with E-state index in [2.05, 4.69) is 0 Å². The summed E-state index contributed by atoms with van der Waals surface area (Å²) in [6, 6.07) is -0.282. The minimum absolute atomic E-state index is 0.0394. The van der Waals surface area contributed by atoms with E-state index in [0.717, 1.165) is 0 Å². The topological polar surface area (TPSA) is 43.1 Å². The second-order valence-corrected chi connectivity index (χ2v) is 3.14. The predicted molar refractivity (Wildman–Crippen MR) is 41.8 cm³/mol. The van der Waals surface area contributed by atoms with Crippen molar-refractivity contribution in [1.29, 1.82) is 0 Å². The highest BCUT2D eigenvalue weighted by Gasteiger charge is 2.12. The third kappa shape index (κ3) is 2.61. The molecule has 0 bridgehead atoms. The Morgan fingerprint density at radius 1 is 1.62 bits per heavy atom. The molecule has 2 nitrogen and oxygen atoms in total. The molecule has 0 saturated carbocycles. The molecule has 0 aromatic rings. The molecule has 0 aliphatic rings. The monoisotopic (exact) mass is 227 g/mol. The van der Waals surface area contributed by atoms with Gasteiger partial charge in [0.15, 0.2) is 0 Å². The third-order valence-corrected chi connectivity index (χ3v) is 1.70. The zero-order valence-electron chi connectivity index (χ0n) is 5.02. The first-order chi connectivity index (χ1) is 3.55. The van der Waals surface area contributed by atoms with Crippen molar-refractivity contribution in [2.45, 2.75) is 19.9 Å².